The number of imide groups is 1. The lowest BCUT2D eigenvalue weighted by Gasteiger charge is -2.14. The molecule has 1 aliphatic rings. The van der Waals surface area contributed by atoms with E-state index >= 15 is 0 Å². The molecule has 0 saturated carbocycles. The van der Waals surface area contributed by atoms with Crippen LogP contribution in [0.25, 0.3) is 10.8 Å². The lowest BCUT2D eigenvalue weighted by molar-refractivity contribution is -0.384. The summed E-state index contributed by atoms with van der Waals surface area (Å²) in [5.74, 6) is -0.0792. The van der Waals surface area contributed by atoms with Crippen LogP contribution in [0.15, 0.2) is 84.9 Å². The molecule has 4 aromatic rings. The van der Waals surface area contributed by atoms with E-state index in [1.54, 1.807) is 18.2 Å². The molecule has 0 aromatic heterocycles. The van der Waals surface area contributed by atoms with E-state index in [1.165, 1.54) is 30.3 Å². The molecule has 5 rings (SSSR count). The second-order valence-electron chi connectivity index (χ2n) is 7.04. The number of nitro groups is 1. The van der Waals surface area contributed by atoms with Crippen molar-refractivity contribution >= 4 is 34.0 Å². The third kappa shape index (κ3) is 3.18. The number of nitro benzene ring substituents is 1. The molecule has 0 N–H and O–H groups in total. The van der Waals surface area contributed by atoms with Crippen molar-refractivity contribution in [1.29, 1.82) is 0 Å². The van der Waals surface area contributed by atoms with Gasteiger partial charge in [-0.25, -0.2) is 4.90 Å². The van der Waals surface area contributed by atoms with Crippen molar-refractivity contribution in [2.75, 3.05) is 4.90 Å². The van der Waals surface area contributed by atoms with Crippen LogP contribution < -0.4 is 9.64 Å². The van der Waals surface area contributed by atoms with Crippen LogP contribution in [0.5, 0.6) is 11.5 Å². The number of benzene rings is 4. The fourth-order valence-corrected chi connectivity index (χ4v) is 3.61. The smallest absolute Gasteiger partial charge is 0.269 e. The Labute approximate surface area is 176 Å². The van der Waals surface area contributed by atoms with Crippen molar-refractivity contribution in [3.8, 4) is 11.5 Å². The highest BCUT2D eigenvalue weighted by molar-refractivity contribution is 6.34. The number of anilines is 1. The average molecular weight is 410 g/mol. The molecule has 31 heavy (non-hydrogen) atoms. The van der Waals surface area contributed by atoms with Gasteiger partial charge in [-0.3, -0.25) is 19.7 Å². The van der Waals surface area contributed by atoms with E-state index in [2.05, 4.69) is 0 Å². The molecule has 7 heteroatoms. The molecule has 1 heterocycles. The number of ether oxygens (including phenoxy) is 1. The van der Waals surface area contributed by atoms with Crippen LogP contribution in [0.2, 0.25) is 0 Å². The highest BCUT2D eigenvalue weighted by atomic mass is 16.6. The van der Waals surface area contributed by atoms with Crippen molar-refractivity contribution in [1.82, 2.24) is 0 Å². The molecule has 7 nitrogen and oxygen atoms in total. The fraction of sp³-hybridized carbons (Fsp3) is 0. The molecular weight excluding hydrogens is 396 g/mol. The molecule has 0 unspecified atom stereocenters. The zero-order chi connectivity index (χ0) is 21.5. The summed E-state index contributed by atoms with van der Waals surface area (Å²) in [4.78, 5) is 37.4. The molecule has 1 aliphatic heterocycles. The molecule has 0 spiro atoms. The lowest BCUT2D eigenvalue weighted by Crippen LogP contribution is -2.29. The third-order valence-corrected chi connectivity index (χ3v) is 5.13. The van der Waals surface area contributed by atoms with Gasteiger partial charge in [-0.1, -0.05) is 30.3 Å². The predicted octanol–water partition coefficient (Wildman–Crippen LogP) is 5.34. The molecule has 0 fully saturated rings. The second kappa shape index (κ2) is 7.07. The first-order valence-electron chi connectivity index (χ1n) is 9.45. The largest absolute Gasteiger partial charge is 0.457 e. The molecule has 0 saturated heterocycles. The number of fused-ring (bicyclic) bond motifs is 2. The SMILES string of the molecule is O=C1c2ccc(Oc3ccc([N+](=O)[O-])cc3)cc2C(=O)N1c1ccc2ccccc2c1. The second-order valence-corrected chi connectivity index (χ2v) is 7.04. The van der Waals surface area contributed by atoms with E-state index in [0.29, 0.717) is 22.7 Å². The standard InChI is InChI=1S/C24H14N2O5/c27-23-21-12-11-20(31-19-9-7-17(8-10-19)26(29)30)14-22(21)24(28)25(23)18-6-5-15-3-1-2-4-16(15)13-18/h1-14H. The van der Waals surface area contributed by atoms with Gasteiger partial charge in [-0.2, -0.15) is 0 Å². The average Bonchev–Trinajstić information content (AvgIpc) is 3.03. The highest BCUT2D eigenvalue weighted by Crippen LogP contribution is 2.33. The summed E-state index contributed by atoms with van der Waals surface area (Å²) in [5.41, 5.74) is 1.00. The van der Waals surface area contributed by atoms with Gasteiger partial charge in [-0.15, -0.1) is 0 Å². The Bertz CT molecular complexity index is 1380. The van der Waals surface area contributed by atoms with Gasteiger partial charge in [0.05, 0.1) is 21.7 Å². The Kier molecular flexibility index (Phi) is 4.22. The van der Waals surface area contributed by atoms with Crippen LogP contribution in [0, 0.1) is 10.1 Å². The van der Waals surface area contributed by atoms with Crippen molar-refractivity contribution in [2.45, 2.75) is 0 Å². The Morgan fingerprint density at radius 2 is 1.39 bits per heavy atom. The quantitative estimate of drug-likeness (QED) is 0.257. The van der Waals surface area contributed by atoms with Crippen LogP contribution >= 0.6 is 0 Å². The van der Waals surface area contributed by atoms with E-state index in [0.717, 1.165) is 15.7 Å². The van der Waals surface area contributed by atoms with Gasteiger partial charge in [0.1, 0.15) is 11.5 Å². The van der Waals surface area contributed by atoms with E-state index in [1.807, 2.05) is 36.4 Å². The van der Waals surface area contributed by atoms with Gasteiger partial charge in [0, 0.05) is 12.1 Å². The van der Waals surface area contributed by atoms with Crippen molar-refractivity contribution in [2.24, 2.45) is 0 Å². The van der Waals surface area contributed by atoms with Gasteiger partial charge >= 0.3 is 0 Å². The number of carbonyl (C=O) groups excluding carboxylic acids is 2. The van der Waals surface area contributed by atoms with Crippen LogP contribution in [-0.2, 0) is 0 Å². The third-order valence-electron chi connectivity index (χ3n) is 5.13. The zero-order valence-corrected chi connectivity index (χ0v) is 16.0. The van der Waals surface area contributed by atoms with E-state index in [-0.39, 0.29) is 11.3 Å². The minimum absolute atomic E-state index is 0.0481. The van der Waals surface area contributed by atoms with E-state index in [4.69, 9.17) is 4.74 Å². The van der Waals surface area contributed by atoms with Crippen LogP contribution in [0.4, 0.5) is 11.4 Å². The Morgan fingerprint density at radius 1 is 0.710 bits per heavy atom. The molecule has 0 aliphatic carbocycles. The number of carbonyl (C=O) groups is 2. The summed E-state index contributed by atoms with van der Waals surface area (Å²) >= 11 is 0. The predicted molar refractivity (Wildman–Crippen MR) is 115 cm³/mol. The van der Waals surface area contributed by atoms with Crippen LogP contribution in [-0.4, -0.2) is 16.7 Å². The van der Waals surface area contributed by atoms with Gasteiger partial charge in [0.25, 0.3) is 17.5 Å². The highest BCUT2D eigenvalue weighted by Gasteiger charge is 2.37. The molecule has 4 aromatic carbocycles. The maximum atomic E-state index is 13.0. The van der Waals surface area contributed by atoms with Crippen molar-refractivity contribution in [3.05, 3.63) is 106 Å². The molecule has 0 radical (unpaired) electrons. The van der Waals surface area contributed by atoms with Gasteiger partial charge in [-0.05, 0) is 53.2 Å². The Hall–Kier alpha value is -4.52. The molecule has 2 amide bonds. The van der Waals surface area contributed by atoms with Crippen LogP contribution in [0.3, 0.4) is 0 Å². The van der Waals surface area contributed by atoms with Crippen LogP contribution in [0.1, 0.15) is 20.7 Å². The number of non-ortho nitro benzene ring substituents is 1. The fourth-order valence-electron chi connectivity index (χ4n) is 3.61. The zero-order valence-electron chi connectivity index (χ0n) is 16.0. The first kappa shape index (κ1) is 18.5. The van der Waals surface area contributed by atoms with Crippen molar-refractivity contribution < 1.29 is 19.2 Å². The van der Waals surface area contributed by atoms with Gasteiger partial charge in [0.15, 0.2) is 0 Å². The number of hydrogen-bond acceptors (Lipinski definition) is 5. The number of hydrogen-bond donors (Lipinski definition) is 0. The summed E-state index contributed by atoms with van der Waals surface area (Å²) in [6.45, 7) is 0. The summed E-state index contributed by atoms with van der Waals surface area (Å²) in [6, 6.07) is 23.4. The molecule has 0 atom stereocenters. The molecule has 150 valence electrons. The summed E-state index contributed by atoms with van der Waals surface area (Å²) in [5, 5.41) is 12.7. The maximum Gasteiger partial charge on any atom is 0.269 e. The first-order chi connectivity index (χ1) is 15.0. The number of amides is 2. The minimum atomic E-state index is -0.495. The van der Waals surface area contributed by atoms with Crippen molar-refractivity contribution in [3.63, 3.8) is 0 Å². The van der Waals surface area contributed by atoms with E-state index < -0.39 is 16.7 Å². The summed E-state index contributed by atoms with van der Waals surface area (Å²) in [7, 11) is 0. The summed E-state index contributed by atoms with van der Waals surface area (Å²) in [6.07, 6.45) is 0. The minimum Gasteiger partial charge on any atom is -0.457 e. The molecular formula is C24H14N2O5. The van der Waals surface area contributed by atoms with Gasteiger partial charge < -0.3 is 4.74 Å². The Morgan fingerprint density at radius 3 is 2.13 bits per heavy atom. The normalized spacial score (nSPS) is 12.8. The Balaban J connectivity index is 1.45. The number of rotatable bonds is 4. The first-order valence-corrected chi connectivity index (χ1v) is 9.45. The number of nitrogens with zero attached hydrogens (tertiary/aromatic N) is 2. The topological polar surface area (TPSA) is 89.7 Å². The van der Waals surface area contributed by atoms with E-state index in [9.17, 15) is 19.7 Å². The monoisotopic (exact) mass is 410 g/mol. The summed E-state index contributed by atoms with van der Waals surface area (Å²) < 4.78 is 5.72. The molecule has 0 bridgehead atoms. The lowest BCUT2D eigenvalue weighted by atomic mass is 10.1. The van der Waals surface area contributed by atoms with Gasteiger partial charge in [0.2, 0.25) is 0 Å². The maximum absolute atomic E-state index is 13.0.